The summed E-state index contributed by atoms with van der Waals surface area (Å²) in [5, 5.41) is 27.3. The van der Waals surface area contributed by atoms with Crippen LogP contribution in [0.5, 0.6) is 0 Å². The Morgan fingerprint density at radius 1 is 1.27 bits per heavy atom. The number of aromatic nitrogens is 5. The van der Waals surface area contributed by atoms with Crippen LogP contribution in [0.15, 0.2) is 53.8 Å². The Morgan fingerprint density at radius 3 is 2.77 bits per heavy atom. The van der Waals surface area contributed by atoms with Crippen LogP contribution in [0, 0.1) is 12.7 Å². The van der Waals surface area contributed by atoms with Gasteiger partial charge in [-0.25, -0.2) is 13.9 Å². The number of oxime groups is 1. The summed E-state index contributed by atoms with van der Waals surface area (Å²) in [6.07, 6.45) is 1.75. The topological polar surface area (TPSA) is 103 Å². The zero-order valence-corrected chi connectivity index (χ0v) is 13.7. The molecular weight excluding hydrogens is 337 g/mol. The highest BCUT2D eigenvalue weighted by atomic mass is 19.1. The molecule has 0 bridgehead atoms. The summed E-state index contributed by atoms with van der Waals surface area (Å²) < 4.78 is 14.8. The van der Waals surface area contributed by atoms with Crippen molar-refractivity contribution in [3.63, 3.8) is 0 Å². The molecule has 130 valence electrons. The molecule has 0 radical (unpaired) electrons. The maximum absolute atomic E-state index is 13.2. The van der Waals surface area contributed by atoms with Crippen molar-refractivity contribution in [1.29, 1.82) is 0 Å². The van der Waals surface area contributed by atoms with Crippen LogP contribution in [-0.4, -0.2) is 35.7 Å². The number of nitrogens with zero attached hydrogens (tertiary/aromatic N) is 5. The molecule has 3 N–H and O–H groups in total. The number of fused-ring (bicyclic) bond motifs is 1. The fourth-order valence-corrected chi connectivity index (χ4v) is 2.57. The van der Waals surface area contributed by atoms with E-state index in [1.807, 2.05) is 25.1 Å². The van der Waals surface area contributed by atoms with Crippen LogP contribution in [0.25, 0.3) is 5.52 Å². The molecule has 0 saturated carbocycles. The molecule has 0 saturated heterocycles. The summed E-state index contributed by atoms with van der Waals surface area (Å²) in [5.74, 6) is 0.885. The summed E-state index contributed by atoms with van der Waals surface area (Å²) >= 11 is 0. The molecule has 3 aromatic heterocycles. The summed E-state index contributed by atoms with van der Waals surface area (Å²) in [6, 6.07) is 11.1. The van der Waals surface area contributed by atoms with Gasteiger partial charge in [0.25, 0.3) is 0 Å². The lowest BCUT2D eigenvalue weighted by Gasteiger charge is -2.09. The zero-order chi connectivity index (χ0) is 18.1. The van der Waals surface area contributed by atoms with Gasteiger partial charge in [-0.3, -0.25) is 5.10 Å². The number of rotatable bonds is 4. The molecule has 0 fully saturated rings. The van der Waals surface area contributed by atoms with E-state index in [1.54, 1.807) is 10.7 Å². The van der Waals surface area contributed by atoms with Gasteiger partial charge in [0, 0.05) is 23.5 Å². The van der Waals surface area contributed by atoms with Gasteiger partial charge in [0.1, 0.15) is 11.3 Å². The van der Waals surface area contributed by atoms with Gasteiger partial charge >= 0.3 is 0 Å². The van der Waals surface area contributed by atoms with Crippen molar-refractivity contribution in [2.75, 3.05) is 5.32 Å². The molecule has 0 aliphatic rings. The number of hydrogen-bond acceptors (Lipinski definition) is 6. The van der Waals surface area contributed by atoms with E-state index >= 15 is 0 Å². The first kappa shape index (κ1) is 15.8. The molecule has 1 aromatic carbocycles. The van der Waals surface area contributed by atoms with Crippen LogP contribution >= 0.6 is 0 Å². The summed E-state index contributed by atoms with van der Waals surface area (Å²) in [5.41, 5.74) is 2.24. The summed E-state index contributed by atoms with van der Waals surface area (Å²) in [7, 11) is 0. The van der Waals surface area contributed by atoms with E-state index in [-0.39, 0.29) is 17.4 Å². The second-order valence-corrected chi connectivity index (χ2v) is 5.64. The molecule has 9 heteroatoms. The van der Waals surface area contributed by atoms with Gasteiger partial charge in [-0.15, -0.1) is 5.10 Å². The first-order valence-corrected chi connectivity index (χ1v) is 7.77. The maximum Gasteiger partial charge on any atom is 0.204 e. The molecular formula is C17H14FN7O. The van der Waals surface area contributed by atoms with Gasteiger partial charge < -0.3 is 10.5 Å². The van der Waals surface area contributed by atoms with Crippen molar-refractivity contribution < 1.29 is 9.60 Å². The van der Waals surface area contributed by atoms with Crippen molar-refractivity contribution in [2.24, 2.45) is 5.16 Å². The number of halogens is 1. The van der Waals surface area contributed by atoms with Gasteiger partial charge in [-0.2, -0.15) is 5.10 Å². The fourth-order valence-electron chi connectivity index (χ4n) is 2.57. The van der Waals surface area contributed by atoms with Crippen molar-refractivity contribution in [3.8, 4) is 0 Å². The average molecular weight is 351 g/mol. The molecule has 26 heavy (non-hydrogen) atoms. The van der Waals surface area contributed by atoms with Crippen LogP contribution in [-0.2, 0) is 0 Å². The monoisotopic (exact) mass is 351 g/mol. The average Bonchev–Trinajstić information content (AvgIpc) is 3.26. The Kier molecular flexibility index (Phi) is 3.81. The predicted octanol–water partition coefficient (Wildman–Crippen LogP) is 2.87. The summed E-state index contributed by atoms with van der Waals surface area (Å²) in [4.78, 5) is 4.47. The van der Waals surface area contributed by atoms with E-state index in [4.69, 9.17) is 0 Å². The van der Waals surface area contributed by atoms with Crippen LogP contribution in [0.1, 0.15) is 17.1 Å². The molecule has 0 aliphatic heterocycles. The van der Waals surface area contributed by atoms with Gasteiger partial charge in [0.15, 0.2) is 17.3 Å². The highest BCUT2D eigenvalue weighted by molar-refractivity contribution is 6.10. The lowest BCUT2D eigenvalue weighted by Crippen LogP contribution is -2.13. The molecule has 0 amide bonds. The van der Waals surface area contributed by atoms with Crippen LogP contribution in [0.4, 0.5) is 16.0 Å². The number of nitrogens with one attached hydrogen (secondary N) is 2. The third kappa shape index (κ3) is 2.86. The third-order valence-corrected chi connectivity index (χ3v) is 3.77. The first-order chi connectivity index (χ1) is 12.6. The first-order valence-electron chi connectivity index (χ1n) is 7.77. The Labute approximate surface area is 147 Å². The number of aryl methyl sites for hydroxylation is 1. The third-order valence-electron chi connectivity index (χ3n) is 3.77. The second-order valence-electron chi connectivity index (χ2n) is 5.64. The van der Waals surface area contributed by atoms with Crippen LogP contribution in [0.3, 0.4) is 0 Å². The molecule has 0 atom stereocenters. The molecule has 3 heterocycles. The number of aromatic amines is 1. The van der Waals surface area contributed by atoms with E-state index in [1.165, 1.54) is 24.3 Å². The highest BCUT2D eigenvalue weighted by Gasteiger charge is 2.16. The minimum Gasteiger partial charge on any atom is -0.410 e. The van der Waals surface area contributed by atoms with E-state index in [0.717, 1.165) is 11.2 Å². The molecule has 8 nitrogen and oxygen atoms in total. The lowest BCUT2D eigenvalue weighted by atomic mass is 10.1. The SMILES string of the molecule is Cc1cc(Nc2nc(C(=NO)c3ccc(F)cc3)nn3cccc23)n[nH]1. The minimum absolute atomic E-state index is 0.127. The van der Waals surface area contributed by atoms with E-state index < -0.39 is 0 Å². The molecule has 0 spiro atoms. The smallest absolute Gasteiger partial charge is 0.204 e. The maximum atomic E-state index is 13.2. The number of hydrogen-bond donors (Lipinski definition) is 3. The van der Waals surface area contributed by atoms with Crippen molar-refractivity contribution in [2.45, 2.75) is 6.92 Å². The Bertz CT molecular complexity index is 1100. The van der Waals surface area contributed by atoms with Crippen LogP contribution < -0.4 is 5.32 Å². The van der Waals surface area contributed by atoms with Crippen molar-refractivity contribution in [3.05, 3.63) is 71.6 Å². The van der Waals surface area contributed by atoms with Gasteiger partial charge in [0.2, 0.25) is 5.82 Å². The Balaban J connectivity index is 1.81. The molecule has 0 unspecified atom stereocenters. The molecule has 4 rings (SSSR count). The van der Waals surface area contributed by atoms with Gasteiger partial charge in [-0.1, -0.05) is 5.16 Å². The minimum atomic E-state index is -0.385. The number of benzene rings is 1. The zero-order valence-electron chi connectivity index (χ0n) is 13.7. The van der Waals surface area contributed by atoms with E-state index in [9.17, 15) is 9.60 Å². The highest BCUT2D eigenvalue weighted by Crippen LogP contribution is 2.20. The normalized spacial score (nSPS) is 11.8. The van der Waals surface area contributed by atoms with Crippen molar-refractivity contribution in [1.82, 2.24) is 24.8 Å². The van der Waals surface area contributed by atoms with E-state index in [2.05, 4.69) is 30.8 Å². The number of H-pyrrole nitrogens is 1. The van der Waals surface area contributed by atoms with Gasteiger partial charge in [-0.05, 0) is 43.3 Å². The molecule has 0 aliphatic carbocycles. The fraction of sp³-hybridized carbons (Fsp3) is 0.0588. The Hall–Kier alpha value is -3.75. The predicted molar refractivity (Wildman–Crippen MR) is 93.4 cm³/mol. The van der Waals surface area contributed by atoms with E-state index in [0.29, 0.717) is 17.2 Å². The largest absolute Gasteiger partial charge is 0.410 e. The standard InChI is InChI=1S/C17H14FN7O/c1-10-9-14(22-21-10)19-16-13-3-2-8-25(13)23-17(20-16)15(24-26)11-4-6-12(18)7-5-11/h2-9,26H,1H3,(H2,19,20,21,22,23). The van der Waals surface area contributed by atoms with Crippen LogP contribution in [0.2, 0.25) is 0 Å². The number of anilines is 2. The van der Waals surface area contributed by atoms with Crippen molar-refractivity contribution >= 4 is 22.9 Å². The quantitative estimate of drug-likeness (QED) is 0.298. The lowest BCUT2D eigenvalue weighted by molar-refractivity contribution is 0.319. The summed E-state index contributed by atoms with van der Waals surface area (Å²) in [6.45, 7) is 1.89. The molecule has 4 aromatic rings. The Morgan fingerprint density at radius 2 is 2.08 bits per heavy atom. The van der Waals surface area contributed by atoms with Gasteiger partial charge in [0.05, 0.1) is 0 Å². The second kappa shape index (κ2) is 6.28.